The molecular formula is C11H14N2O4. The van der Waals surface area contributed by atoms with E-state index in [9.17, 15) is 14.7 Å². The van der Waals surface area contributed by atoms with Crippen LogP contribution in [0.5, 0.6) is 5.75 Å². The second-order valence-corrected chi connectivity index (χ2v) is 3.26. The molecule has 92 valence electrons. The number of hydrogen-bond donors (Lipinski definition) is 3. The van der Waals surface area contributed by atoms with Crippen LogP contribution in [0.1, 0.15) is 17.3 Å². The first-order valence-electron chi connectivity index (χ1n) is 5.07. The molecule has 0 radical (unpaired) electrons. The van der Waals surface area contributed by atoms with E-state index in [0.29, 0.717) is 0 Å². The average molecular weight is 238 g/mol. The summed E-state index contributed by atoms with van der Waals surface area (Å²) in [7, 11) is 0. The summed E-state index contributed by atoms with van der Waals surface area (Å²) in [5.74, 6) is -1.13. The van der Waals surface area contributed by atoms with E-state index >= 15 is 0 Å². The van der Waals surface area contributed by atoms with Crippen molar-refractivity contribution in [1.29, 1.82) is 0 Å². The number of benzene rings is 1. The van der Waals surface area contributed by atoms with Crippen molar-refractivity contribution in [2.75, 3.05) is 18.9 Å². The standard InChI is InChI=1S/C11H14N2O4/c1-2-17-10(15)6-13-11(16)8-5-7(14)3-4-9(8)12/h3-5,14H,2,6,12H2,1H3,(H,13,16). The molecule has 17 heavy (non-hydrogen) atoms. The highest BCUT2D eigenvalue weighted by Gasteiger charge is 2.12. The zero-order valence-corrected chi connectivity index (χ0v) is 9.40. The number of aromatic hydroxyl groups is 1. The molecule has 0 aliphatic heterocycles. The Morgan fingerprint density at radius 1 is 1.47 bits per heavy atom. The third-order valence-corrected chi connectivity index (χ3v) is 1.98. The number of carbonyl (C=O) groups excluding carboxylic acids is 2. The van der Waals surface area contributed by atoms with Gasteiger partial charge in [0.15, 0.2) is 0 Å². The van der Waals surface area contributed by atoms with Gasteiger partial charge < -0.3 is 20.9 Å². The lowest BCUT2D eigenvalue weighted by Crippen LogP contribution is -2.31. The molecule has 0 fully saturated rings. The summed E-state index contributed by atoms with van der Waals surface area (Å²) in [6, 6.07) is 4.02. The first kappa shape index (κ1) is 12.8. The molecule has 0 unspecified atom stereocenters. The molecule has 0 spiro atoms. The van der Waals surface area contributed by atoms with Crippen molar-refractivity contribution >= 4 is 17.6 Å². The normalized spacial score (nSPS) is 9.71. The Bertz CT molecular complexity index is 431. The molecule has 1 aromatic rings. The lowest BCUT2D eigenvalue weighted by atomic mass is 10.1. The van der Waals surface area contributed by atoms with Crippen molar-refractivity contribution in [3.63, 3.8) is 0 Å². The fraction of sp³-hybridized carbons (Fsp3) is 0.273. The Labute approximate surface area is 98.4 Å². The number of amides is 1. The number of ether oxygens (including phenoxy) is 1. The molecule has 1 rings (SSSR count). The first-order chi connectivity index (χ1) is 8.04. The number of carbonyl (C=O) groups is 2. The van der Waals surface area contributed by atoms with E-state index in [0.717, 1.165) is 0 Å². The van der Waals surface area contributed by atoms with E-state index in [4.69, 9.17) is 5.73 Å². The SMILES string of the molecule is CCOC(=O)CNC(=O)c1cc(O)ccc1N. The van der Waals surface area contributed by atoms with E-state index < -0.39 is 11.9 Å². The van der Waals surface area contributed by atoms with Gasteiger partial charge in [-0.05, 0) is 25.1 Å². The number of phenolic OH excluding ortho intramolecular Hbond substituents is 1. The molecule has 0 aromatic heterocycles. The van der Waals surface area contributed by atoms with Gasteiger partial charge in [-0.3, -0.25) is 9.59 Å². The van der Waals surface area contributed by atoms with E-state index in [1.165, 1.54) is 18.2 Å². The lowest BCUT2D eigenvalue weighted by molar-refractivity contribution is -0.141. The number of rotatable bonds is 4. The number of phenols is 1. The minimum atomic E-state index is -0.536. The van der Waals surface area contributed by atoms with Crippen molar-refractivity contribution in [3.05, 3.63) is 23.8 Å². The molecule has 0 heterocycles. The highest BCUT2D eigenvalue weighted by atomic mass is 16.5. The largest absolute Gasteiger partial charge is 0.508 e. The summed E-state index contributed by atoms with van der Waals surface area (Å²) in [5, 5.41) is 11.6. The van der Waals surface area contributed by atoms with Gasteiger partial charge >= 0.3 is 5.97 Å². The van der Waals surface area contributed by atoms with Gasteiger partial charge in [-0.25, -0.2) is 0 Å². The van der Waals surface area contributed by atoms with Crippen molar-refractivity contribution in [2.45, 2.75) is 6.92 Å². The molecule has 0 bridgehead atoms. The summed E-state index contributed by atoms with van der Waals surface area (Å²) in [6.07, 6.45) is 0. The molecule has 0 aliphatic carbocycles. The molecule has 6 nitrogen and oxygen atoms in total. The molecule has 1 amide bonds. The molecule has 1 aromatic carbocycles. The van der Waals surface area contributed by atoms with Crippen LogP contribution in [0.25, 0.3) is 0 Å². The van der Waals surface area contributed by atoms with E-state index in [1.54, 1.807) is 6.92 Å². The van der Waals surface area contributed by atoms with Crippen LogP contribution in [0.15, 0.2) is 18.2 Å². The monoisotopic (exact) mass is 238 g/mol. The minimum Gasteiger partial charge on any atom is -0.508 e. The predicted molar refractivity (Wildman–Crippen MR) is 61.5 cm³/mol. The van der Waals surface area contributed by atoms with E-state index in [-0.39, 0.29) is 30.2 Å². The number of anilines is 1. The fourth-order valence-electron chi connectivity index (χ4n) is 1.20. The van der Waals surface area contributed by atoms with E-state index in [1.807, 2.05) is 0 Å². The van der Waals surface area contributed by atoms with Gasteiger partial charge in [-0.1, -0.05) is 0 Å². The molecule has 0 saturated heterocycles. The van der Waals surface area contributed by atoms with Crippen LogP contribution in [0.3, 0.4) is 0 Å². The highest BCUT2D eigenvalue weighted by molar-refractivity contribution is 6.00. The summed E-state index contributed by atoms with van der Waals surface area (Å²) in [6.45, 7) is 1.69. The molecule has 0 atom stereocenters. The third kappa shape index (κ3) is 3.67. The third-order valence-electron chi connectivity index (χ3n) is 1.98. The maximum Gasteiger partial charge on any atom is 0.325 e. The average Bonchev–Trinajstić information content (AvgIpc) is 2.29. The van der Waals surface area contributed by atoms with Crippen LogP contribution in [-0.2, 0) is 9.53 Å². The summed E-state index contributed by atoms with van der Waals surface area (Å²) in [5.41, 5.74) is 5.91. The van der Waals surface area contributed by atoms with Gasteiger partial charge in [0.1, 0.15) is 12.3 Å². The van der Waals surface area contributed by atoms with Crippen LogP contribution >= 0.6 is 0 Å². The molecule has 0 aliphatic rings. The Morgan fingerprint density at radius 3 is 2.82 bits per heavy atom. The van der Waals surface area contributed by atoms with Gasteiger partial charge in [0, 0.05) is 5.69 Å². The zero-order valence-electron chi connectivity index (χ0n) is 9.40. The topological polar surface area (TPSA) is 102 Å². The van der Waals surface area contributed by atoms with Crippen molar-refractivity contribution in [1.82, 2.24) is 5.32 Å². The van der Waals surface area contributed by atoms with Crippen LogP contribution in [0.4, 0.5) is 5.69 Å². The van der Waals surface area contributed by atoms with Crippen LogP contribution in [-0.4, -0.2) is 30.1 Å². The smallest absolute Gasteiger partial charge is 0.325 e. The Kier molecular flexibility index (Phi) is 4.33. The summed E-state index contributed by atoms with van der Waals surface area (Å²) < 4.78 is 4.65. The van der Waals surface area contributed by atoms with Gasteiger partial charge in [-0.15, -0.1) is 0 Å². The summed E-state index contributed by atoms with van der Waals surface area (Å²) >= 11 is 0. The molecular weight excluding hydrogens is 224 g/mol. The quantitative estimate of drug-likeness (QED) is 0.397. The summed E-state index contributed by atoms with van der Waals surface area (Å²) in [4.78, 5) is 22.6. The maximum atomic E-state index is 11.6. The van der Waals surface area contributed by atoms with Crippen LogP contribution in [0, 0.1) is 0 Å². The number of esters is 1. The van der Waals surface area contributed by atoms with Crippen molar-refractivity contribution in [2.24, 2.45) is 0 Å². The molecule has 6 heteroatoms. The van der Waals surface area contributed by atoms with Crippen LogP contribution < -0.4 is 11.1 Å². The molecule has 0 saturated carbocycles. The first-order valence-corrected chi connectivity index (χ1v) is 5.07. The second kappa shape index (κ2) is 5.74. The Hall–Kier alpha value is -2.24. The fourth-order valence-corrected chi connectivity index (χ4v) is 1.20. The van der Waals surface area contributed by atoms with Crippen molar-refractivity contribution in [3.8, 4) is 5.75 Å². The molecule has 4 N–H and O–H groups in total. The van der Waals surface area contributed by atoms with Gasteiger partial charge in [0.2, 0.25) is 0 Å². The number of nitrogens with two attached hydrogens (primary N) is 1. The maximum absolute atomic E-state index is 11.6. The Morgan fingerprint density at radius 2 is 2.18 bits per heavy atom. The second-order valence-electron chi connectivity index (χ2n) is 3.26. The van der Waals surface area contributed by atoms with Gasteiger partial charge in [-0.2, -0.15) is 0 Å². The number of hydrogen-bond acceptors (Lipinski definition) is 5. The van der Waals surface area contributed by atoms with Gasteiger partial charge in [0.25, 0.3) is 5.91 Å². The Balaban J connectivity index is 2.64. The number of nitrogens with one attached hydrogen (secondary N) is 1. The zero-order chi connectivity index (χ0) is 12.8. The number of nitrogen functional groups attached to an aromatic ring is 1. The van der Waals surface area contributed by atoms with Gasteiger partial charge in [0.05, 0.1) is 12.2 Å². The minimum absolute atomic E-state index is 0.0690. The highest BCUT2D eigenvalue weighted by Crippen LogP contribution is 2.17. The van der Waals surface area contributed by atoms with E-state index in [2.05, 4.69) is 10.1 Å². The van der Waals surface area contributed by atoms with Crippen molar-refractivity contribution < 1.29 is 19.4 Å². The lowest BCUT2D eigenvalue weighted by Gasteiger charge is -2.07. The van der Waals surface area contributed by atoms with Crippen LogP contribution in [0.2, 0.25) is 0 Å². The predicted octanol–water partition coefficient (Wildman–Crippen LogP) is 0.267.